The second-order valence-corrected chi connectivity index (χ2v) is 9.70. The van der Waals surface area contributed by atoms with Crippen LogP contribution in [0.2, 0.25) is 5.02 Å². The second kappa shape index (κ2) is 8.96. The van der Waals surface area contributed by atoms with Crippen LogP contribution < -0.4 is 11.1 Å². The fourth-order valence-electron chi connectivity index (χ4n) is 5.46. The summed E-state index contributed by atoms with van der Waals surface area (Å²) in [6, 6.07) is 9.45. The van der Waals surface area contributed by atoms with E-state index in [0.717, 1.165) is 24.8 Å². The highest BCUT2D eigenvalue weighted by Crippen LogP contribution is 2.42. The zero-order chi connectivity index (χ0) is 24.9. The SMILES string of the molecule is Cc1ccc2c(c1)c(C(N)=O)nn2CC(=O)N1C2CC[C@@H](C2)C1C(=O)NCc1cccc(Cl)c1F. The van der Waals surface area contributed by atoms with E-state index in [9.17, 15) is 18.8 Å². The quantitative estimate of drug-likeness (QED) is 0.545. The predicted octanol–water partition coefficient (Wildman–Crippen LogP) is 2.93. The number of benzene rings is 2. The molecule has 1 saturated heterocycles. The van der Waals surface area contributed by atoms with Crippen LogP contribution in [0.25, 0.3) is 10.9 Å². The molecule has 35 heavy (non-hydrogen) atoms. The summed E-state index contributed by atoms with van der Waals surface area (Å²) >= 11 is 5.84. The Labute approximate surface area is 206 Å². The summed E-state index contributed by atoms with van der Waals surface area (Å²) in [5.41, 5.74) is 7.47. The molecule has 2 aromatic carbocycles. The predicted molar refractivity (Wildman–Crippen MR) is 128 cm³/mol. The first kappa shape index (κ1) is 23.3. The van der Waals surface area contributed by atoms with Gasteiger partial charge in [0.25, 0.3) is 5.91 Å². The second-order valence-electron chi connectivity index (χ2n) is 9.29. The Morgan fingerprint density at radius 3 is 2.80 bits per heavy atom. The zero-order valence-corrected chi connectivity index (χ0v) is 19.9. The number of hydrogen-bond acceptors (Lipinski definition) is 4. The molecule has 2 fully saturated rings. The van der Waals surface area contributed by atoms with Crippen LogP contribution in [-0.2, 0) is 22.7 Å². The lowest BCUT2D eigenvalue weighted by Crippen LogP contribution is -2.53. The van der Waals surface area contributed by atoms with Gasteiger partial charge in [0.15, 0.2) is 5.69 Å². The maximum absolute atomic E-state index is 14.2. The first-order chi connectivity index (χ1) is 16.7. The summed E-state index contributed by atoms with van der Waals surface area (Å²) in [4.78, 5) is 40.2. The number of nitrogens with zero attached hydrogens (tertiary/aromatic N) is 3. The van der Waals surface area contributed by atoms with E-state index in [2.05, 4.69) is 10.4 Å². The number of aryl methyl sites for hydroxylation is 1. The van der Waals surface area contributed by atoms with Crippen LogP contribution in [0.4, 0.5) is 4.39 Å². The molecule has 3 N–H and O–H groups in total. The molecule has 3 amide bonds. The number of nitrogens with two attached hydrogens (primary N) is 1. The summed E-state index contributed by atoms with van der Waals surface area (Å²) < 4.78 is 15.7. The maximum Gasteiger partial charge on any atom is 0.269 e. The number of halogens is 2. The van der Waals surface area contributed by atoms with Gasteiger partial charge in [-0.15, -0.1) is 0 Å². The van der Waals surface area contributed by atoms with E-state index in [1.807, 2.05) is 19.1 Å². The highest BCUT2D eigenvalue weighted by atomic mass is 35.5. The summed E-state index contributed by atoms with van der Waals surface area (Å²) in [5, 5.41) is 7.67. The number of rotatable bonds is 6. The number of fused-ring (bicyclic) bond motifs is 3. The van der Waals surface area contributed by atoms with Crippen LogP contribution in [0, 0.1) is 18.7 Å². The van der Waals surface area contributed by atoms with Gasteiger partial charge < -0.3 is 16.0 Å². The Balaban J connectivity index is 1.37. The standard InChI is InChI=1S/C25H25ClFN5O3/c1-13-5-8-19-17(9-13)22(24(28)34)30-31(19)12-20(33)32-16-7-6-14(10-16)23(32)25(35)29-11-15-3-2-4-18(26)21(15)27/h2-5,8-9,14,16,23H,6-7,10-12H2,1H3,(H2,28,34)(H,29,35)/t14-,16?,23?/m0/s1. The van der Waals surface area contributed by atoms with Gasteiger partial charge in [0.05, 0.1) is 10.5 Å². The van der Waals surface area contributed by atoms with E-state index < -0.39 is 17.8 Å². The van der Waals surface area contributed by atoms with Crippen molar-refractivity contribution in [2.75, 3.05) is 0 Å². The molecular formula is C25H25ClFN5O3. The van der Waals surface area contributed by atoms with Crippen LogP contribution >= 0.6 is 11.6 Å². The molecule has 1 aliphatic heterocycles. The Bertz CT molecular complexity index is 1360. The van der Waals surface area contributed by atoms with E-state index >= 15 is 0 Å². The molecule has 1 saturated carbocycles. The minimum absolute atomic E-state index is 0.00884. The number of carbonyl (C=O) groups excluding carboxylic acids is 3. The van der Waals surface area contributed by atoms with Crippen molar-refractivity contribution in [3.63, 3.8) is 0 Å². The molecule has 0 radical (unpaired) electrons. The molecule has 2 unspecified atom stereocenters. The minimum Gasteiger partial charge on any atom is -0.364 e. The van der Waals surface area contributed by atoms with Crippen LogP contribution in [0.3, 0.4) is 0 Å². The Morgan fingerprint density at radius 1 is 1.23 bits per heavy atom. The molecule has 2 aliphatic rings. The first-order valence-electron chi connectivity index (χ1n) is 11.5. The molecule has 1 aliphatic carbocycles. The lowest BCUT2D eigenvalue weighted by molar-refractivity contribution is -0.143. The average molecular weight is 498 g/mol. The molecule has 5 rings (SSSR count). The smallest absolute Gasteiger partial charge is 0.269 e. The van der Waals surface area contributed by atoms with Crippen molar-refractivity contribution in [1.82, 2.24) is 20.0 Å². The van der Waals surface area contributed by atoms with E-state index in [4.69, 9.17) is 17.3 Å². The van der Waals surface area contributed by atoms with Crippen LogP contribution in [-0.4, -0.2) is 44.5 Å². The fraction of sp³-hybridized carbons (Fsp3) is 0.360. The number of carbonyl (C=O) groups is 3. The Kier molecular flexibility index (Phi) is 5.96. The van der Waals surface area contributed by atoms with E-state index in [0.29, 0.717) is 10.9 Å². The lowest BCUT2D eigenvalue weighted by Gasteiger charge is -2.34. The lowest BCUT2D eigenvalue weighted by atomic mass is 9.97. The summed E-state index contributed by atoms with van der Waals surface area (Å²) in [6.07, 6.45) is 2.43. The van der Waals surface area contributed by atoms with E-state index in [1.54, 1.807) is 23.1 Å². The number of primary amides is 1. The molecule has 2 bridgehead atoms. The first-order valence-corrected chi connectivity index (χ1v) is 11.9. The van der Waals surface area contributed by atoms with Crippen LogP contribution in [0.15, 0.2) is 36.4 Å². The molecular weight excluding hydrogens is 473 g/mol. The van der Waals surface area contributed by atoms with Crippen LogP contribution in [0.1, 0.15) is 40.9 Å². The monoisotopic (exact) mass is 497 g/mol. The molecule has 182 valence electrons. The molecule has 1 aromatic heterocycles. The van der Waals surface area contributed by atoms with Gasteiger partial charge in [0.1, 0.15) is 18.4 Å². The summed E-state index contributed by atoms with van der Waals surface area (Å²) in [5.74, 6) is -1.76. The molecule has 2 heterocycles. The van der Waals surface area contributed by atoms with Crippen molar-refractivity contribution in [3.8, 4) is 0 Å². The third-order valence-corrected chi connectivity index (χ3v) is 7.34. The van der Waals surface area contributed by atoms with Crippen molar-refractivity contribution in [2.24, 2.45) is 11.7 Å². The van der Waals surface area contributed by atoms with E-state index in [1.165, 1.54) is 10.7 Å². The van der Waals surface area contributed by atoms with Gasteiger partial charge >= 0.3 is 0 Å². The Hall–Kier alpha value is -3.46. The van der Waals surface area contributed by atoms with Gasteiger partial charge in [-0.25, -0.2) is 4.39 Å². The van der Waals surface area contributed by atoms with Gasteiger partial charge in [0.2, 0.25) is 11.8 Å². The van der Waals surface area contributed by atoms with Gasteiger partial charge in [-0.05, 0) is 50.3 Å². The number of aromatic nitrogens is 2. The third kappa shape index (κ3) is 4.14. The van der Waals surface area contributed by atoms with Crippen LogP contribution in [0.5, 0.6) is 0 Å². The van der Waals surface area contributed by atoms with Crippen molar-refractivity contribution < 1.29 is 18.8 Å². The zero-order valence-electron chi connectivity index (χ0n) is 19.1. The van der Waals surface area contributed by atoms with Gasteiger partial charge in [-0.2, -0.15) is 5.10 Å². The van der Waals surface area contributed by atoms with Crippen molar-refractivity contribution in [2.45, 2.75) is 51.4 Å². The van der Waals surface area contributed by atoms with E-state index in [-0.39, 0.29) is 53.1 Å². The molecule has 10 heteroatoms. The molecule has 8 nitrogen and oxygen atoms in total. The number of piperidine rings is 1. The minimum atomic E-state index is -0.669. The number of amides is 3. The normalized spacial score (nSPS) is 21.0. The molecule has 3 atom stereocenters. The van der Waals surface area contributed by atoms with Gasteiger partial charge in [-0.3, -0.25) is 19.1 Å². The van der Waals surface area contributed by atoms with Crippen molar-refractivity contribution in [3.05, 3.63) is 64.1 Å². The fourth-order valence-corrected chi connectivity index (χ4v) is 5.66. The number of nitrogens with one attached hydrogen (secondary N) is 1. The molecule has 0 spiro atoms. The topological polar surface area (TPSA) is 110 Å². The molecule has 3 aromatic rings. The van der Waals surface area contributed by atoms with Gasteiger partial charge in [0, 0.05) is 23.5 Å². The maximum atomic E-state index is 14.2. The Morgan fingerprint density at radius 2 is 2.03 bits per heavy atom. The van der Waals surface area contributed by atoms with Gasteiger partial charge in [-0.1, -0.05) is 35.4 Å². The van der Waals surface area contributed by atoms with Crippen molar-refractivity contribution in [1.29, 1.82) is 0 Å². The summed E-state index contributed by atoms with van der Waals surface area (Å²) in [7, 11) is 0. The number of hydrogen-bond donors (Lipinski definition) is 2. The third-order valence-electron chi connectivity index (χ3n) is 7.05. The summed E-state index contributed by atoms with van der Waals surface area (Å²) in [6.45, 7) is 1.75. The number of likely N-dealkylation sites (tertiary alicyclic amines) is 1. The highest BCUT2D eigenvalue weighted by Gasteiger charge is 2.51. The average Bonchev–Trinajstić information content (AvgIpc) is 3.53. The van der Waals surface area contributed by atoms with Crippen molar-refractivity contribution >= 4 is 40.2 Å². The highest BCUT2D eigenvalue weighted by molar-refractivity contribution is 6.30. The largest absolute Gasteiger partial charge is 0.364 e.